The molecule has 2 atom stereocenters. The van der Waals surface area contributed by atoms with Crippen LogP contribution >= 0.6 is 11.8 Å². The van der Waals surface area contributed by atoms with Crippen LogP contribution in [0.1, 0.15) is 12.5 Å². The summed E-state index contributed by atoms with van der Waals surface area (Å²) >= 11 is 1.78. The van der Waals surface area contributed by atoms with Gasteiger partial charge in [-0.15, -0.1) is 11.8 Å². The van der Waals surface area contributed by atoms with Crippen molar-refractivity contribution >= 4 is 17.7 Å². The highest BCUT2D eigenvalue weighted by atomic mass is 32.2. The quantitative estimate of drug-likeness (QED) is 0.781. The Morgan fingerprint density at radius 2 is 2.18 bits per heavy atom. The van der Waals surface area contributed by atoms with Crippen LogP contribution in [0.25, 0.3) is 0 Å². The molecule has 0 bridgehead atoms. The van der Waals surface area contributed by atoms with Crippen LogP contribution in [0.2, 0.25) is 0 Å². The van der Waals surface area contributed by atoms with E-state index in [0.29, 0.717) is 11.7 Å². The maximum absolute atomic E-state index is 11.8. The number of nitrogens with two attached hydrogens (primary N) is 1. The zero-order chi connectivity index (χ0) is 11.9. The summed E-state index contributed by atoms with van der Waals surface area (Å²) in [4.78, 5) is 13.9. The monoisotopic (exact) mass is 249 g/mol. The van der Waals surface area contributed by atoms with Gasteiger partial charge < -0.3 is 10.2 Å². The SMILES string of the molecule is C[C@]1(c2ccccc2)[NH2+]CCN2C(=O)CS[C@H]21. The number of fused-ring (bicyclic) bond motifs is 1. The second kappa shape index (κ2) is 4.03. The fraction of sp³-hybridized carbons (Fsp3) is 0.462. The molecule has 1 aromatic carbocycles. The first-order valence-corrected chi connectivity index (χ1v) is 7.08. The Morgan fingerprint density at radius 3 is 2.94 bits per heavy atom. The van der Waals surface area contributed by atoms with E-state index in [1.165, 1.54) is 5.56 Å². The number of piperazine rings is 1. The van der Waals surface area contributed by atoms with E-state index in [0.717, 1.165) is 13.1 Å². The lowest BCUT2D eigenvalue weighted by molar-refractivity contribution is -0.743. The van der Waals surface area contributed by atoms with Gasteiger partial charge in [0.2, 0.25) is 5.91 Å². The minimum Gasteiger partial charge on any atom is -0.334 e. The number of thioether (sulfide) groups is 1. The number of carbonyl (C=O) groups excluding carboxylic acids is 1. The van der Waals surface area contributed by atoms with Crippen molar-refractivity contribution in [1.29, 1.82) is 0 Å². The highest BCUT2D eigenvalue weighted by Crippen LogP contribution is 2.37. The van der Waals surface area contributed by atoms with Gasteiger partial charge in [-0.05, 0) is 6.92 Å². The molecule has 0 unspecified atom stereocenters. The lowest BCUT2D eigenvalue weighted by Gasteiger charge is -2.42. The van der Waals surface area contributed by atoms with Crippen molar-refractivity contribution in [2.24, 2.45) is 0 Å². The first-order valence-electron chi connectivity index (χ1n) is 6.03. The molecule has 0 aromatic heterocycles. The van der Waals surface area contributed by atoms with E-state index in [-0.39, 0.29) is 10.9 Å². The summed E-state index contributed by atoms with van der Waals surface area (Å²) in [6.45, 7) is 4.14. The van der Waals surface area contributed by atoms with Crippen molar-refractivity contribution in [3.8, 4) is 0 Å². The molecule has 4 heteroatoms. The minimum atomic E-state index is -0.00363. The first-order chi connectivity index (χ1) is 8.22. The molecule has 1 amide bonds. The van der Waals surface area contributed by atoms with Gasteiger partial charge in [0.15, 0.2) is 0 Å². The van der Waals surface area contributed by atoms with Crippen LogP contribution in [-0.4, -0.2) is 35.0 Å². The average molecular weight is 249 g/mol. The van der Waals surface area contributed by atoms with Crippen LogP contribution in [0.5, 0.6) is 0 Å². The van der Waals surface area contributed by atoms with Gasteiger partial charge in [-0.25, -0.2) is 0 Å². The number of nitrogens with zero attached hydrogens (tertiary/aromatic N) is 1. The highest BCUT2D eigenvalue weighted by Gasteiger charge is 2.51. The van der Waals surface area contributed by atoms with E-state index in [1.807, 2.05) is 6.07 Å². The molecule has 2 heterocycles. The normalized spacial score (nSPS) is 32.6. The molecule has 2 saturated heterocycles. The van der Waals surface area contributed by atoms with Gasteiger partial charge >= 0.3 is 0 Å². The third kappa shape index (κ3) is 1.67. The largest absolute Gasteiger partial charge is 0.334 e. The van der Waals surface area contributed by atoms with E-state index in [2.05, 4.69) is 41.4 Å². The Morgan fingerprint density at radius 1 is 1.41 bits per heavy atom. The van der Waals surface area contributed by atoms with Gasteiger partial charge in [-0.3, -0.25) is 4.79 Å². The van der Waals surface area contributed by atoms with E-state index >= 15 is 0 Å². The summed E-state index contributed by atoms with van der Waals surface area (Å²) in [7, 11) is 0. The van der Waals surface area contributed by atoms with E-state index in [1.54, 1.807) is 11.8 Å². The predicted octanol–water partition coefficient (Wildman–Crippen LogP) is 0.380. The minimum absolute atomic E-state index is 0.00363. The van der Waals surface area contributed by atoms with Crippen molar-refractivity contribution in [1.82, 2.24) is 4.90 Å². The zero-order valence-electron chi connectivity index (χ0n) is 9.93. The number of quaternary nitrogens is 1. The van der Waals surface area contributed by atoms with Gasteiger partial charge in [-0.2, -0.15) is 0 Å². The summed E-state index contributed by atoms with van der Waals surface area (Å²) in [5.41, 5.74) is 1.31. The Bertz CT molecular complexity index is 436. The highest BCUT2D eigenvalue weighted by molar-refractivity contribution is 8.01. The summed E-state index contributed by atoms with van der Waals surface area (Å²) in [6, 6.07) is 10.5. The maximum atomic E-state index is 11.8. The summed E-state index contributed by atoms with van der Waals surface area (Å²) < 4.78 is 0. The number of hydrogen-bond donors (Lipinski definition) is 1. The third-order valence-electron chi connectivity index (χ3n) is 3.82. The van der Waals surface area contributed by atoms with Gasteiger partial charge in [0.25, 0.3) is 0 Å². The van der Waals surface area contributed by atoms with Crippen LogP contribution in [0.4, 0.5) is 0 Å². The molecule has 0 saturated carbocycles. The molecule has 0 spiro atoms. The predicted molar refractivity (Wildman–Crippen MR) is 68.5 cm³/mol. The van der Waals surface area contributed by atoms with E-state index < -0.39 is 0 Å². The van der Waals surface area contributed by atoms with Crippen molar-refractivity contribution in [3.63, 3.8) is 0 Å². The standard InChI is InChI=1S/C13H16N2OS/c1-13(10-5-3-2-4-6-10)12-15(8-7-14-13)11(16)9-17-12/h2-6,12,14H,7-9H2,1H3/p+1/t12-,13+/m0/s1. The topological polar surface area (TPSA) is 36.9 Å². The number of rotatable bonds is 1. The second-order valence-electron chi connectivity index (χ2n) is 4.89. The number of hydrogen-bond acceptors (Lipinski definition) is 2. The van der Waals surface area contributed by atoms with Crippen molar-refractivity contribution in [2.45, 2.75) is 17.8 Å². The molecule has 90 valence electrons. The fourth-order valence-electron chi connectivity index (χ4n) is 2.85. The first kappa shape index (κ1) is 11.1. The molecule has 17 heavy (non-hydrogen) atoms. The zero-order valence-corrected chi connectivity index (χ0v) is 10.7. The lowest BCUT2D eigenvalue weighted by Crippen LogP contribution is -3.00. The molecule has 1 aromatic rings. The molecule has 0 radical (unpaired) electrons. The molecule has 3 rings (SSSR count). The summed E-state index contributed by atoms with van der Waals surface area (Å²) in [5, 5.41) is 2.67. The van der Waals surface area contributed by atoms with Gasteiger partial charge in [0.05, 0.1) is 18.8 Å². The average Bonchev–Trinajstić information content (AvgIpc) is 2.74. The molecular weight excluding hydrogens is 232 g/mol. The fourth-order valence-corrected chi connectivity index (χ4v) is 4.30. The molecule has 2 fully saturated rings. The Labute approximate surface area is 106 Å². The van der Waals surface area contributed by atoms with Gasteiger partial charge in [0, 0.05) is 5.56 Å². The van der Waals surface area contributed by atoms with Crippen LogP contribution in [0.3, 0.4) is 0 Å². The van der Waals surface area contributed by atoms with Gasteiger partial charge in [-0.1, -0.05) is 30.3 Å². The van der Waals surface area contributed by atoms with Crippen LogP contribution in [0, 0.1) is 0 Å². The van der Waals surface area contributed by atoms with Gasteiger partial charge in [0.1, 0.15) is 10.9 Å². The molecule has 3 nitrogen and oxygen atoms in total. The number of carbonyl (C=O) groups is 1. The van der Waals surface area contributed by atoms with E-state index in [4.69, 9.17) is 0 Å². The lowest BCUT2D eigenvalue weighted by atomic mass is 9.89. The van der Waals surface area contributed by atoms with Crippen molar-refractivity contribution in [2.75, 3.05) is 18.8 Å². The molecular formula is C13H17N2OS+. The molecule has 0 aliphatic carbocycles. The second-order valence-corrected chi connectivity index (χ2v) is 5.96. The molecule has 2 aliphatic heterocycles. The Balaban J connectivity index is 1.99. The Kier molecular flexibility index (Phi) is 2.64. The van der Waals surface area contributed by atoms with Crippen LogP contribution in [0.15, 0.2) is 30.3 Å². The van der Waals surface area contributed by atoms with E-state index in [9.17, 15) is 4.79 Å². The summed E-state index contributed by atoms with van der Waals surface area (Å²) in [6.07, 6.45) is 0. The number of benzene rings is 1. The molecule has 2 N–H and O–H groups in total. The number of amides is 1. The Hall–Kier alpha value is -1.000. The maximum Gasteiger partial charge on any atom is 0.233 e. The van der Waals surface area contributed by atoms with Crippen LogP contribution in [-0.2, 0) is 10.3 Å². The van der Waals surface area contributed by atoms with Crippen molar-refractivity contribution in [3.05, 3.63) is 35.9 Å². The summed E-state index contributed by atoms with van der Waals surface area (Å²) in [5.74, 6) is 0.941. The van der Waals surface area contributed by atoms with Crippen LogP contribution < -0.4 is 5.32 Å². The molecule has 2 aliphatic rings. The third-order valence-corrected chi connectivity index (χ3v) is 5.29. The van der Waals surface area contributed by atoms with Crippen molar-refractivity contribution < 1.29 is 10.1 Å². The smallest absolute Gasteiger partial charge is 0.233 e.